The zero-order valence-electron chi connectivity index (χ0n) is 14.0. The van der Waals surface area contributed by atoms with Gasteiger partial charge in [-0.25, -0.2) is 4.79 Å². The summed E-state index contributed by atoms with van der Waals surface area (Å²) in [5, 5.41) is 8.67. The highest BCUT2D eigenvalue weighted by atomic mass is 16.6. The third kappa shape index (κ3) is 16.4. The Bertz CT molecular complexity index is 340. The number of hydrogen-bond acceptors (Lipinski definition) is 4. The number of aliphatic hydroxyl groups excluding tert-OH is 1. The molecule has 0 rings (SSSR count). The van der Waals surface area contributed by atoms with Crippen molar-refractivity contribution >= 4 is 11.9 Å². The second-order valence-corrected chi connectivity index (χ2v) is 4.99. The van der Waals surface area contributed by atoms with Crippen molar-refractivity contribution in [2.24, 2.45) is 5.73 Å². The van der Waals surface area contributed by atoms with Gasteiger partial charge in [0.25, 0.3) is 0 Å². The van der Waals surface area contributed by atoms with Gasteiger partial charge in [0.2, 0.25) is 12.2 Å². The minimum atomic E-state index is -0.990. The summed E-state index contributed by atoms with van der Waals surface area (Å²) in [4.78, 5) is 20.9. The zero-order chi connectivity index (χ0) is 17.4. The fourth-order valence-corrected chi connectivity index (χ4v) is 1.51. The molecular formula is C17H31NO4. The molecule has 0 saturated heterocycles. The number of hydrogen-bond donors (Lipinski definition) is 2. The van der Waals surface area contributed by atoms with Gasteiger partial charge in [0, 0.05) is 18.1 Å². The molecule has 0 aliphatic heterocycles. The summed E-state index contributed by atoms with van der Waals surface area (Å²) in [6.45, 7) is 10.7. The van der Waals surface area contributed by atoms with Crippen molar-refractivity contribution in [3.63, 3.8) is 0 Å². The third-order valence-electron chi connectivity index (χ3n) is 2.95. The highest BCUT2D eigenvalue weighted by Crippen LogP contribution is 2.10. The fourth-order valence-electron chi connectivity index (χ4n) is 1.51. The molecule has 0 aliphatic rings. The van der Waals surface area contributed by atoms with Gasteiger partial charge in [-0.2, -0.15) is 0 Å². The molecule has 0 aromatic heterocycles. The minimum absolute atomic E-state index is 0.353. The number of rotatable bonds is 11. The van der Waals surface area contributed by atoms with E-state index in [1.165, 1.54) is 32.1 Å². The zero-order valence-corrected chi connectivity index (χ0v) is 14.0. The minimum Gasteiger partial charge on any atom is -0.433 e. The highest BCUT2D eigenvalue weighted by Gasteiger charge is 2.03. The second-order valence-electron chi connectivity index (χ2n) is 4.99. The van der Waals surface area contributed by atoms with Gasteiger partial charge >= 0.3 is 5.97 Å². The Kier molecular flexibility index (Phi) is 16.2. The summed E-state index contributed by atoms with van der Waals surface area (Å²) >= 11 is 0. The average molecular weight is 313 g/mol. The van der Waals surface area contributed by atoms with E-state index in [4.69, 9.17) is 10.8 Å². The van der Waals surface area contributed by atoms with Gasteiger partial charge in [-0.05, 0) is 12.8 Å². The van der Waals surface area contributed by atoms with E-state index in [2.05, 4.69) is 24.8 Å². The number of primary amides is 1. The molecule has 0 bridgehead atoms. The SMILES string of the molecule is C=C(CCCCCCCC)C(N)=O.C=CC(=O)OC(O)CC. The number of carbonyl (C=O) groups excluding carboxylic acids is 2. The molecule has 3 N–H and O–H groups in total. The molecule has 0 aromatic carbocycles. The number of unbranched alkanes of at least 4 members (excludes halogenated alkanes) is 5. The first-order valence-electron chi connectivity index (χ1n) is 7.87. The first-order valence-corrected chi connectivity index (χ1v) is 7.87. The van der Waals surface area contributed by atoms with Gasteiger partial charge in [-0.15, -0.1) is 0 Å². The monoisotopic (exact) mass is 313 g/mol. The second kappa shape index (κ2) is 15.8. The molecule has 0 aromatic rings. The number of ether oxygens (including phenoxy) is 1. The van der Waals surface area contributed by atoms with Crippen LogP contribution in [0.5, 0.6) is 0 Å². The van der Waals surface area contributed by atoms with E-state index < -0.39 is 12.3 Å². The quantitative estimate of drug-likeness (QED) is 0.265. The summed E-state index contributed by atoms with van der Waals surface area (Å²) < 4.78 is 4.35. The third-order valence-corrected chi connectivity index (χ3v) is 2.95. The number of amides is 1. The molecule has 22 heavy (non-hydrogen) atoms. The van der Waals surface area contributed by atoms with Crippen LogP contribution in [-0.4, -0.2) is 23.3 Å². The molecule has 0 fully saturated rings. The van der Waals surface area contributed by atoms with Gasteiger partial charge in [-0.1, -0.05) is 59.1 Å². The van der Waals surface area contributed by atoms with E-state index in [0.717, 1.165) is 18.9 Å². The molecule has 1 amide bonds. The van der Waals surface area contributed by atoms with Crippen molar-refractivity contribution < 1.29 is 19.4 Å². The van der Waals surface area contributed by atoms with Crippen molar-refractivity contribution in [1.29, 1.82) is 0 Å². The number of esters is 1. The van der Waals surface area contributed by atoms with Crippen molar-refractivity contribution in [1.82, 2.24) is 0 Å². The molecule has 0 saturated carbocycles. The van der Waals surface area contributed by atoms with Crippen LogP contribution in [0.1, 0.15) is 65.2 Å². The van der Waals surface area contributed by atoms with Gasteiger partial charge in [0.1, 0.15) is 0 Å². The Morgan fingerprint density at radius 2 is 1.73 bits per heavy atom. The molecule has 0 heterocycles. The summed E-state index contributed by atoms with van der Waals surface area (Å²) in [5.74, 6) is -0.946. The van der Waals surface area contributed by atoms with Crippen LogP contribution in [0.2, 0.25) is 0 Å². The normalized spacial score (nSPS) is 10.9. The Hall–Kier alpha value is -1.62. The van der Waals surface area contributed by atoms with Crippen LogP contribution in [0.3, 0.4) is 0 Å². The fraction of sp³-hybridized carbons (Fsp3) is 0.647. The average Bonchev–Trinajstić information content (AvgIpc) is 2.50. The van der Waals surface area contributed by atoms with Crippen LogP contribution in [0.4, 0.5) is 0 Å². The first-order chi connectivity index (χ1) is 10.4. The van der Waals surface area contributed by atoms with Crippen LogP contribution in [0.25, 0.3) is 0 Å². The molecule has 5 heteroatoms. The molecule has 5 nitrogen and oxygen atoms in total. The summed E-state index contributed by atoms with van der Waals surface area (Å²) in [7, 11) is 0. The maximum absolute atomic E-state index is 10.6. The van der Waals surface area contributed by atoms with Crippen molar-refractivity contribution in [2.45, 2.75) is 71.5 Å². The molecule has 0 spiro atoms. The maximum Gasteiger partial charge on any atom is 0.332 e. The summed E-state index contributed by atoms with van der Waals surface area (Å²) in [5.41, 5.74) is 5.63. The van der Waals surface area contributed by atoms with E-state index in [-0.39, 0.29) is 5.91 Å². The lowest BCUT2D eigenvalue weighted by atomic mass is 10.1. The summed E-state index contributed by atoms with van der Waals surface area (Å²) in [6.07, 6.45) is 8.58. The maximum atomic E-state index is 10.6. The van der Waals surface area contributed by atoms with Crippen LogP contribution in [0.15, 0.2) is 24.8 Å². The lowest BCUT2D eigenvalue weighted by Gasteiger charge is -2.05. The van der Waals surface area contributed by atoms with Crippen LogP contribution >= 0.6 is 0 Å². The first kappa shape index (κ1) is 22.7. The van der Waals surface area contributed by atoms with Crippen LogP contribution in [-0.2, 0) is 14.3 Å². The Morgan fingerprint density at radius 3 is 2.18 bits per heavy atom. The summed E-state index contributed by atoms with van der Waals surface area (Å²) in [6, 6.07) is 0. The molecule has 0 aliphatic carbocycles. The number of nitrogens with two attached hydrogens (primary N) is 1. The standard InChI is InChI=1S/C11H21NO.C6H10O3/c1-3-4-5-6-7-8-9-10(2)11(12)13;1-3-5(7)9-6(8)4-2/h2-9H2,1H3,(H2,12,13);3,6,8H,1,4H2,2H3. The Morgan fingerprint density at radius 1 is 1.18 bits per heavy atom. The molecular weight excluding hydrogens is 282 g/mol. The molecule has 1 atom stereocenters. The number of carbonyl (C=O) groups is 2. The molecule has 128 valence electrons. The van der Waals surface area contributed by atoms with Crippen LogP contribution in [0, 0.1) is 0 Å². The number of aliphatic hydroxyl groups is 1. The highest BCUT2D eigenvalue weighted by molar-refractivity contribution is 5.91. The van der Waals surface area contributed by atoms with Crippen molar-refractivity contribution in [3.8, 4) is 0 Å². The van der Waals surface area contributed by atoms with Gasteiger partial charge in [-0.3, -0.25) is 4.79 Å². The van der Waals surface area contributed by atoms with E-state index in [1.807, 2.05) is 0 Å². The van der Waals surface area contributed by atoms with Crippen LogP contribution < -0.4 is 5.73 Å². The van der Waals surface area contributed by atoms with E-state index in [1.54, 1.807) is 6.92 Å². The van der Waals surface area contributed by atoms with Crippen molar-refractivity contribution in [2.75, 3.05) is 0 Å². The Balaban J connectivity index is 0. The topological polar surface area (TPSA) is 89.6 Å². The van der Waals surface area contributed by atoms with E-state index in [0.29, 0.717) is 12.0 Å². The van der Waals surface area contributed by atoms with E-state index >= 15 is 0 Å². The lowest BCUT2D eigenvalue weighted by molar-refractivity contribution is -0.161. The van der Waals surface area contributed by atoms with Gasteiger partial charge in [0.15, 0.2) is 0 Å². The smallest absolute Gasteiger partial charge is 0.332 e. The predicted molar refractivity (Wildman–Crippen MR) is 88.9 cm³/mol. The largest absolute Gasteiger partial charge is 0.433 e. The van der Waals surface area contributed by atoms with Crippen molar-refractivity contribution in [3.05, 3.63) is 24.8 Å². The predicted octanol–water partition coefficient (Wildman–Crippen LogP) is 3.22. The van der Waals surface area contributed by atoms with Gasteiger partial charge < -0.3 is 15.6 Å². The van der Waals surface area contributed by atoms with Gasteiger partial charge in [0.05, 0.1) is 0 Å². The molecule has 1 unspecified atom stereocenters. The van der Waals surface area contributed by atoms with E-state index in [9.17, 15) is 9.59 Å². The lowest BCUT2D eigenvalue weighted by Crippen LogP contribution is -2.14. The molecule has 0 radical (unpaired) electrons. The Labute approximate surface area is 134 Å².